The maximum Gasteiger partial charge on any atom is 0.263 e. The predicted octanol–water partition coefficient (Wildman–Crippen LogP) is 3.66. The van der Waals surface area contributed by atoms with Gasteiger partial charge in [0.05, 0.1) is 16.8 Å². The molecule has 0 saturated heterocycles. The van der Waals surface area contributed by atoms with Crippen molar-refractivity contribution in [2.24, 2.45) is 0 Å². The van der Waals surface area contributed by atoms with Crippen molar-refractivity contribution in [3.63, 3.8) is 0 Å². The standard InChI is InChI=1S/C17H16ClFN2O3S/c1-25(23,24)20-11-5-7-12(8-6-11)21(13-9-10-13)17(22)16-14(18)3-2-4-15(16)19/h2-8,13,20H,9-10H2,1H3. The Morgan fingerprint density at radius 2 is 1.84 bits per heavy atom. The maximum atomic E-state index is 14.1. The first-order valence-corrected chi connectivity index (χ1v) is 9.88. The molecule has 2 aromatic carbocycles. The first-order chi connectivity index (χ1) is 11.8. The molecule has 0 aromatic heterocycles. The van der Waals surface area contributed by atoms with Gasteiger partial charge in [0.2, 0.25) is 10.0 Å². The van der Waals surface area contributed by atoms with Gasteiger partial charge in [-0.25, -0.2) is 12.8 Å². The number of hydrogen-bond donors (Lipinski definition) is 1. The van der Waals surface area contributed by atoms with Gasteiger partial charge < -0.3 is 4.90 Å². The maximum absolute atomic E-state index is 14.1. The molecular formula is C17H16ClFN2O3S. The molecule has 1 aliphatic rings. The minimum atomic E-state index is -3.38. The second-order valence-electron chi connectivity index (χ2n) is 5.92. The normalized spacial score (nSPS) is 14.2. The zero-order valence-electron chi connectivity index (χ0n) is 13.4. The smallest absolute Gasteiger partial charge is 0.263 e. The average Bonchev–Trinajstić information content (AvgIpc) is 3.32. The van der Waals surface area contributed by atoms with Gasteiger partial charge >= 0.3 is 0 Å². The van der Waals surface area contributed by atoms with Crippen molar-refractivity contribution in [2.45, 2.75) is 18.9 Å². The number of nitrogens with one attached hydrogen (secondary N) is 1. The van der Waals surface area contributed by atoms with Crippen LogP contribution in [0.15, 0.2) is 42.5 Å². The van der Waals surface area contributed by atoms with Crippen molar-refractivity contribution < 1.29 is 17.6 Å². The zero-order chi connectivity index (χ0) is 18.2. The molecule has 0 bridgehead atoms. The molecule has 0 radical (unpaired) electrons. The lowest BCUT2D eigenvalue weighted by Gasteiger charge is -2.23. The summed E-state index contributed by atoms with van der Waals surface area (Å²) in [5.74, 6) is -1.17. The van der Waals surface area contributed by atoms with Crippen LogP contribution in [0.25, 0.3) is 0 Å². The molecule has 25 heavy (non-hydrogen) atoms. The summed E-state index contributed by atoms with van der Waals surface area (Å²) in [6.07, 6.45) is 2.70. The fourth-order valence-corrected chi connectivity index (χ4v) is 3.36. The molecule has 5 nitrogen and oxygen atoms in total. The number of carbonyl (C=O) groups is 1. The van der Waals surface area contributed by atoms with Gasteiger partial charge in [-0.1, -0.05) is 17.7 Å². The number of amides is 1. The number of nitrogens with zero attached hydrogens (tertiary/aromatic N) is 1. The molecule has 0 unspecified atom stereocenters. The number of halogens is 2. The van der Waals surface area contributed by atoms with Gasteiger partial charge in [-0.2, -0.15) is 0 Å². The Balaban J connectivity index is 1.93. The summed E-state index contributed by atoms with van der Waals surface area (Å²) in [7, 11) is -3.38. The van der Waals surface area contributed by atoms with E-state index in [4.69, 9.17) is 11.6 Å². The fourth-order valence-electron chi connectivity index (χ4n) is 2.55. The van der Waals surface area contributed by atoms with E-state index in [1.54, 1.807) is 24.3 Å². The largest absolute Gasteiger partial charge is 0.305 e. The van der Waals surface area contributed by atoms with E-state index in [9.17, 15) is 17.6 Å². The van der Waals surface area contributed by atoms with Crippen molar-refractivity contribution in [2.75, 3.05) is 15.9 Å². The van der Waals surface area contributed by atoms with E-state index < -0.39 is 21.7 Å². The van der Waals surface area contributed by atoms with Gasteiger partial charge in [0.25, 0.3) is 5.91 Å². The summed E-state index contributed by atoms with van der Waals surface area (Å²) in [4.78, 5) is 14.4. The average molecular weight is 383 g/mol. The molecule has 2 aromatic rings. The van der Waals surface area contributed by atoms with Gasteiger partial charge in [0.1, 0.15) is 5.82 Å². The topological polar surface area (TPSA) is 66.5 Å². The third kappa shape index (κ3) is 4.11. The van der Waals surface area contributed by atoms with Crippen LogP contribution in [0.2, 0.25) is 5.02 Å². The summed E-state index contributed by atoms with van der Waals surface area (Å²) in [5.41, 5.74) is 0.790. The first kappa shape index (κ1) is 17.7. The number of benzene rings is 2. The summed E-state index contributed by atoms with van der Waals surface area (Å²) >= 11 is 6.01. The molecule has 0 heterocycles. The second-order valence-corrected chi connectivity index (χ2v) is 8.08. The monoisotopic (exact) mass is 382 g/mol. The minimum Gasteiger partial charge on any atom is -0.305 e. The van der Waals surface area contributed by atoms with Crippen molar-refractivity contribution in [3.05, 3.63) is 58.9 Å². The van der Waals surface area contributed by atoms with Crippen molar-refractivity contribution >= 4 is 38.9 Å². The van der Waals surface area contributed by atoms with Gasteiger partial charge in [0.15, 0.2) is 0 Å². The zero-order valence-corrected chi connectivity index (χ0v) is 14.9. The van der Waals surface area contributed by atoms with Crippen LogP contribution in [0.3, 0.4) is 0 Å². The predicted molar refractivity (Wildman–Crippen MR) is 96.2 cm³/mol. The molecule has 1 aliphatic carbocycles. The molecule has 1 saturated carbocycles. The van der Waals surface area contributed by atoms with E-state index >= 15 is 0 Å². The lowest BCUT2D eigenvalue weighted by Crippen LogP contribution is -2.33. The molecule has 8 heteroatoms. The number of hydrogen-bond acceptors (Lipinski definition) is 3. The van der Waals surface area contributed by atoms with Crippen LogP contribution in [0.4, 0.5) is 15.8 Å². The van der Waals surface area contributed by atoms with Crippen molar-refractivity contribution in [3.8, 4) is 0 Å². The molecule has 0 atom stereocenters. The number of anilines is 2. The molecular weight excluding hydrogens is 367 g/mol. The highest BCUT2D eigenvalue weighted by Crippen LogP contribution is 2.35. The summed E-state index contributed by atoms with van der Waals surface area (Å²) in [6.45, 7) is 0. The quantitative estimate of drug-likeness (QED) is 0.858. The Morgan fingerprint density at radius 1 is 1.20 bits per heavy atom. The highest BCUT2D eigenvalue weighted by atomic mass is 35.5. The van der Waals surface area contributed by atoms with E-state index in [2.05, 4.69) is 4.72 Å². The molecule has 0 aliphatic heterocycles. The van der Waals surface area contributed by atoms with Crippen LogP contribution >= 0.6 is 11.6 Å². The lowest BCUT2D eigenvalue weighted by molar-refractivity contribution is 0.0981. The molecule has 1 N–H and O–H groups in total. The van der Waals surface area contributed by atoms with E-state index in [0.717, 1.165) is 19.1 Å². The molecule has 3 rings (SSSR count). The summed E-state index contributed by atoms with van der Waals surface area (Å²) in [5, 5.41) is 0.0611. The molecule has 1 fully saturated rings. The van der Waals surface area contributed by atoms with Crippen molar-refractivity contribution in [1.82, 2.24) is 0 Å². The third-order valence-electron chi connectivity index (χ3n) is 3.76. The van der Waals surface area contributed by atoms with Crippen LogP contribution in [0, 0.1) is 5.82 Å². The Labute approximate surface area is 150 Å². The fraction of sp³-hybridized carbons (Fsp3) is 0.235. The van der Waals surface area contributed by atoms with Gasteiger partial charge in [-0.15, -0.1) is 0 Å². The molecule has 132 valence electrons. The first-order valence-electron chi connectivity index (χ1n) is 7.62. The lowest BCUT2D eigenvalue weighted by atomic mass is 10.1. The van der Waals surface area contributed by atoms with Crippen LogP contribution in [0.5, 0.6) is 0 Å². The van der Waals surface area contributed by atoms with Gasteiger partial charge in [0, 0.05) is 17.4 Å². The van der Waals surface area contributed by atoms with Gasteiger partial charge in [-0.05, 0) is 49.2 Å². The number of rotatable bonds is 5. The van der Waals surface area contributed by atoms with E-state index in [1.807, 2.05) is 0 Å². The van der Waals surface area contributed by atoms with Crippen LogP contribution in [-0.2, 0) is 10.0 Å². The van der Waals surface area contributed by atoms with Crippen LogP contribution < -0.4 is 9.62 Å². The Bertz CT molecular complexity index is 892. The highest BCUT2D eigenvalue weighted by Gasteiger charge is 2.36. The third-order valence-corrected chi connectivity index (χ3v) is 4.68. The Kier molecular flexibility index (Phi) is 4.71. The Hall–Kier alpha value is -2.12. The molecule has 1 amide bonds. The van der Waals surface area contributed by atoms with E-state index in [-0.39, 0.29) is 16.6 Å². The highest BCUT2D eigenvalue weighted by molar-refractivity contribution is 7.92. The van der Waals surface area contributed by atoms with Crippen molar-refractivity contribution in [1.29, 1.82) is 0 Å². The minimum absolute atomic E-state index is 0.0168. The van der Waals surface area contributed by atoms with Crippen LogP contribution in [-0.4, -0.2) is 26.6 Å². The second kappa shape index (κ2) is 6.65. The number of carbonyl (C=O) groups excluding carboxylic acids is 1. The Morgan fingerprint density at radius 3 is 2.36 bits per heavy atom. The van der Waals surface area contributed by atoms with E-state index in [1.165, 1.54) is 23.1 Å². The summed E-state index contributed by atoms with van der Waals surface area (Å²) < 4.78 is 39.0. The van der Waals surface area contributed by atoms with E-state index in [0.29, 0.717) is 11.4 Å². The SMILES string of the molecule is CS(=O)(=O)Nc1ccc(N(C(=O)c2c(F)cccc2Cl)C2CC2)cc1. The van der Waals surface area contributed by atoms with Gasteiger partial charge in [-0.3, -0.25) is 9.52 Å². The summed E-state index contributed by atoms with van der Waals surface area (Å²) in [6, 6.07) is 10.5. The number of sulfonamides is 1. The molecule has 0 spiro atoms. The van der Waals surface area contributed by atoms with Crippen LogP contribution in [0.1, 0.15) is 23.2 Å².